The molecule has 4 heteroatoms. The number of unbranched alkanes of at least 4 members (excludes halogenated alkanes) is 1. The van der Waals surface area contributed by atoms with E-state index in [0.29, 0.717) is 24.6 Å². The fraction of sp³-hybridized carbons (Fsp3) is 1.00. The smallest absolute Gasteiger partial charge is 0.213 e. The number of nitro groups is 1. The first kappa shape index (κ1) is 13.7. The maximum atomic E-state index is 10.7. The maximum Gasteiger partial charge on any atom is 0.213 e. The molecule has 0 bridgehead atoms. The van der Waals surface area contributed by atoms with Crippen molar-refractivity contribution in [3.63, 3.8) is 0 Å². The average molecular weight is 222 g/mol. The van der Waals surface area contributed by atoms with Gasteiger partial charge in [-0.3, -0.25) is 10.1 Å². The topological polar surface area (TPSA) is 43.1 Å². The van der Waals surface area contributed by atoms with Gasteiger partial charge in [-0.05, 0) is 25.2 Å². The molecule has 3 nitrogen and oxygen atoms in total. The molecule has 0 heterocycles. The molecule has 0 rings (SSSR count). The summed E-state index contributed by atoms with van der Waals surface area (Å²) < 4.78 is 0. The zero-order chi connectivity index (χ0) is 11.0. The van der Waals surface area contributed by atoms with Crippen molar-refractivity contribution in [2.75, 3.05) is 5.88 Å². The van der Waals surface area contributed by atoms with Crippen LogP contribution in [0.2, 0.25) is 0 Å². The van der Waals surface area contributed by atoms with E-state index < -0.39 is 0 Å². The summed E-state index contributed by atoms with van der Waals surface area (Å²) in [6.07, 6.45) is 4.06. The highest BCUT2D eigenvalue weighted by Gasteiger charge is 2.19. The molecule has 0 radical (unpaired) electrons. The standard InChI is InChI=1S/C10H20ClNO2/c1-9(2)6-7-10(12(13)14)5-3-4-8-11/h9-10H,3-8H2,1-2H3. The molecule has 0 aliphatic rings. The Hall–Kier alpha value is -0.310. The van der Waals surface area contributed by atoms with Gasteiger partial charge in [0.15, 0.2) is 0 Å². The van der Waals surface area contributed by atoms with Crippen LogP contribution in [0.3, 0.4) is 0 Å². The fourth-order valence-electron chi connectivity index (χ4n) is 1.36. The van der Waals surface area contributed by atoms with Crippen LogP contribution in [-0.2, 0) is 0 Å². The lowest BCUT2D eigenvalue weighted by Gasteiger charge is -2.10. The van der Waals surface area contributed by atoms with Crippen LogP contribution >= 0.6 is 11.6 Å². The van der Waals surface area contributed by atoms with E-state index in [4.69, 9.17) is 11.6 Å². The van der Waals surface area contributed by atoms with Crippen molar-refractivity contribution < 1.29 is 4.92 Å². The van der Waals surface area contributed by atoms with Gasteiger partial charge in [-0.1, -0.05) is 13.8 Å². The molecule has 0 aromatic carbocycles. The van der Waals surface area contributed by atoms with E-state index >= 15 is 0 Å². The average Bonchev–Trinajstić information content (AvgIpc) is 2.10. The molecule has 0 amide bonds. The van der Waals surface area contributed by atoms with Gasteiger partial charge in [0.25, 0.3) is 0 Å². The molecule has 0 fully saturated rings. The zero-order valence-corrected chi connectivity index (χ0v) is 9.79. The van der Waals surface area contributed by atoms with Crippen molar-refractivity contribution in [1.82, 2.24) is 0 Å². The van der Waals surface area contributed by atoms with Crippen LogP contribution in [0.5, 0.6) is 0 Å². The molecule has 1 atom stereocenters. The van der Waals surface area contributed by atoms with Crippen LogP contribution in [0.15, 0.2) is 0 Å². The lowest BCUT2D eigenvalue weighted by Crippen LogP contribution is -2.20. The molecule has 0 saturated heterocycles. The normalized spacial score (nSPS) is 13.1. The van der Waals surface area contributed by atoms with Crippen molar-refractivity contribution >= 4 is 11.6 Å². The Morgan fingerprint density at radius 2 is 1.86 bits per heavy atom. The summed E-state index contributed by atoms with van der Waals surface area (Å²) in [5.41, 5.74) is 0. The van der Waals surface area contributed by atoms with Gasteiger partial charge in [-0.2, -0.15) is 0 Å². The molecule has 0 aliphatic carbocycles. The number of alkyl halides is 1. The summed E-state index contributed by atoms with van der Waals surface area (Å²) in [4.78, 5) is 10.5. The number of hydrogen-bond donors (Lipinski definition) is 0. The molecule has 0 aliphatic heterocycles. The Labute approximate surface area is 91.0 Å². The summed E-state index contributed by atoms with van der Waals surface area (Å²) in [5, 5.41) is 10.7. The van der Waals surface area contributed by atoms with Crippen LogP contribution in [0.25, 0.3) is 0 Å². The van der Waals surface area contributed by atoms with E-state index in [9.17, 15) is 10.1 Å². The number of rotatable bonds is 8. The van der Waals surface area contributed by atoms with Crippen molar-refractivity contribution in [3.05, 3.63) is 10.1 Å². The molecule has 0 N–H and O–H groups in total. The van der Waals surface area contributed by atoms with E-state index in [1.54, 1.807) is 0 Å². The summed E-state index contributed by atoms with van der Waals surface area (Å²) in [6, 6.07) is -0.361. The van der Waals surface area contributed by atoms with Gasteiger partial charge < -0.3 is 0 Å². The van der Waals surface area contributed by atoms with Crippen LogP contribution in [0, 0.1) is 16.0 Å². The van der Waals surface area contributed by atoms with E-state index in [1.807, 2.05) is 0 Å². The van der Waals surface area contributed by atoms with Crippen LogP contribution in [-0.4, -0.2) is 16.8 Å². The minimum absolute atomic E-state index is 0.142. The van der Waals surface area contributed by atoms with E-state index in [1.165, 1.54) is 0 Å². The van der Waals surface area contributed by atoms with Gasteiger partial charge in [0.1, 0.15) is 0 Å². The second kappa shape index (κ2) is 8.04. The van der Waals surface area contributed by atoms with E-state index in [0.717, 1.165) is 19.3 Å². The molecular weight excluding hydrogens is 202 g/mol. The predicted molar refractivity (Wildman–Crippen MR) is 59.4 cm³/mol. The number of hydrogen-bond acceptors (Lipinski definition) is 2. The predicted octanol–water partition coefficient (Wildman–Crippen LogP) is 3.48. The molecule has 14 heavy (non-hydrogen) atoms. The van der Waals surface area contributed by atoms with Gasteiger partial charge >= 0.3 is 0 Å². The van der Waals surface area contributed by atoms with Gasteiger partial charge in [0.2, 0.25) is 6.04 Å². The van der Waals surface area contributed by atoms with Crippen molar-refractivity contribution in [2.24, 2.45) is 5.92 Å². The van der Waals surface area contributed by atoms with Gasteiger partial charge in [-0.25, -0.2) is 0 Å². The SMILES string of the molecule is CC(C)CCC(CCCCCl)[N+](=O)[O-]. The zero-order valence-electron chi connectivity index (χ0n) is 9.04. The molecule has 0 saturated carbocycles. The highest BCUT2D eigenvalue weighted by atomic mass is 35.5. The quantitative estimate of drug-likeness (QED) is 0.273. The lowest BCUT2D eigenvalue weighted by atomic mass is 10.00. The van der Waals surface area contributed by atoms with Gasteiger partial charge in [0.05, 0.1) is 0 Å². The highest BCUT2D eigenvalue weighted by Crippen LogP contribution is 2.14. The Bertz CT molecular complexity index is 162. The van der Waals surface area contributed by atoms with Crippen LogP contribution < -0.4 is 0 Å². The Balaban J connectivity index is 3.72. The van der Waals surface area contributed by atoms with Gasteiger partial charge in [-0.15, -0.1) is 11.6 Å². The maximum absolute atomic E-state index is 10.7. The monoisotopic (exact) mass is 221 g/mol. The first-order chi connectivity index (χ1) is 6.57. The minimum atomic E-state index is -0.361. The van der Waals surface area contributed by atoms with Crippen molar-refractivity contribution in [1.29, 1.82) is 0 Å². The van der Waals surface area contributed by atoms with Crippen molar-refractivity contribution in [3.8, 4) is 0 Å². The largest absolute Gasteiger partial charge is 0.264 e. The van der Waals surface area contributed by atoms with Crippen LogP contribution in [0.4, 0.5) is 0 Å². The molecule has 84 valence electrons. The minimum Gasteiger partial charge on any atom is -0.264 e. The van der Waals surface area contributed by atoms with Crippen molar-refractivity contribution in [2.45, 2.75) is 52.0 Å². The Kier molecular flexibility index (Phi) is 7.86. The third-order valence-corrected chi connectivity index (χ3v) is 2.56. The Morgan fingerprint density at radius 1 is 1.21 bits per heavy atom. The third-order valence-electron chi connectivity index (χ3n) is 2.30. The van der Waals surface area contributed by atoms with Gasteiger partial charge in [0, 0.05) is 23.6 Å². The Morgan fingerprint density at radius 3 is 2.29 bits per heavy atom. The lowest BCUT2D eigenvalue weighted by molar-refractivity contribution is -0.524. The van der Waals surface area contributed by atoms with Crippen LogP contribution in [0.1, 0.15) is 46.0 Å². The number of nitrogens with zero attached hydrogens (tertiary/aromatic N) is 1. The summed E-state index contributed by atoms with van der Waals surface area (Å²) in [7, 11) is 0. The molecule has 0 spiro atoms. The second-order valence-electron chi connectivity index (χ2n) is 4.10. The third kappa shape index (κ3) is 7.13. The summed E-state index contributed by atoms with van der Waals surface area (Å²) in [6.45, 7) is 4.19. The number of halogens is 1. The summed E-state index contributed by atoms with van der Waals surface area (Å²) in [5.74, 6) is 1.15. The first-order valence-corrected chi connectivity index (χ1v) is 5.80. The van der Waals surface area contributed by atoms with E-state index in [-0.39, 0.29) is 11.0 Å². The molecule has 1 unspecified atom stereocenters. The summed E-state index contributed by atoms with van der Waals surface area (Å²) >= 11 is 5.52. The fourth-order valence-corrected chi connectivity index (χ4v) is 1.54. The second-order valence-corrected chi connectivity index (χ2v) is 4.47. The molecule has 0 aromatic rings. The highest BCUT2D eigenvalue weighted by molar-refractivity contribution is 6.17. The first-order valence-electron chi connectivity index (χ1n) is 5.27. The molecular formula is C10H20ClNO2. The molecule has 0 aromatic heterocycles. The van der Waals surface area contributed by atoms with E-state index in [2.05, 4.69) is 13.8 Å².